The van der Waals surface area contributed by atoms with Crippen LogP contribution in [0, 0.1) is 12.3 Å². The third kappa shape index (κ3) is 10.4. The summed E-state index contributed by atoms with van der Waals surface area (Å²) < 4.78 is 5.32. The number of carbonyl (C=O) groups is 3. The Morgan fingerprint density at radius 3 is 2.23 bits per heavy atom. The molecule has 35 heavy (non-hydrogen) atoms. The van der Waals surface area contributed by atoms with Gasteiger partial charge in [-0.3, -0.25) is 9.59 Å². The highest BCUT2D eigenvalue weighted by atomic mass is 16.6. The Hall–Kier alpha value is -3.01. The smallest absolute Gasteiger partial charge is 0.408 e. The van der Waals surface area contributed by atoms with Gasteiger partial charge < -0.3 is 20.3 Å². The highest BCUT2D eigenvalue weighted by Gasteiger charge is 2.36. The van der Waals surface area contributed by atoms with Gasteiger partial charge in [0.05, 0.1) is 0 Å². The van der Waals surface area contributed by atoms with Crippen molar-refractivity contribution in [3.05, 3.63) is 35.4 Å². The van der Waals surface area contributed by atoms with Crippen molar-refractivity contribution >= 4 is 17.9 Å². The van der Waals surface area contributed by atoms with Crippen LogP contribution in [0.1, 0.15) is 98.2 Å². The zero-order valence-corrected chi connectivity index (χ0v) is 22.7. The Kier molecular flexibility index (Phi) is 11.3. The second-order valence-electron chi connectivity index (χ2n) is 10.8. The maximum atomic E-state index is 13.7. The number of terminal acetylenes is 1. The summed E-state index contributed by atoms with van der Waals surface area (Å²) in [7, 11) is 0. The zero-order valence-electron chi connectivity index (χ0n) is 22.7. The average molecular weight is 486 g/mol. The summed E-state index contributed by atoms with van der Waals surface area (Å²) in [6, 6.07) is 5.29. The molecular formula is C28H43N3O4. The molecule has 2 atom stereocenters. The molecule has 0 spiro atoms. The molecule has 7 heteroatoms. The normalized spacial score (nSPS) is 13.2. The number of hydrogen-bond acceptors (Lipinski definition) is 4. The third-order valence-electron chi connectivity index (χ3n) is 5.11. The van der Waals surface area contributed by atoms with Crippen LogP contribution in [0.15, 0.2) is 24.3 Å². The van der Waals surface area contributed by atoms with E-state index in [1.54, 1.807) is 52.0 Å². The fourth-order valence-electron chi connectivity index (χ4n) is 3.63. The number of benzene rings is 1. The molecule has 0 fully saturated rings. The van der Waals surface area contributed by atoms with Crippen molar-refractivity contribution in [3.8, 4) is 12.3 Å². The minimum absolute atomic E-state index is 0.325. The number of amides is 3. The van der Waals surface area contributed by atoms with Crippen molar-refractivity contribution in [1.29, 1.82) is 0 Å². The van der Waals surface area contributed by atoms with E-state index in [-0.39, 0.29) is 11.8 Å². The first-order chi connectivity index (χ1) is 16.2. The van der Waals surface area contributed by atoms with Crippen LogP contribution >= 0.6 is 0 Å². The first-order valence-electron chi connectivity index (χ1n) is 12.4. The lowest BCUT2D eigenvalue weighted by atomic mass is 9.96. The molecule has 0 aromatic heterocycles. The van der Waals surface area contributed by atoms with Crippen molar-refractivity contribution in [1.82, 2.24) is 15.5 Å². The van der Waals surface area contributed by atoms with Crippen molar-refractivity contribution in [2.24, 2.45) is 0 Å². The average Bonchev–Trinajstić information content (AvgIpc) is 2.72. The Labute approximate surface area is 211 Å². The Morgan fingerprint density at radius 1 is 1.06 bits per heavy atom. The van der Waals surface area contributed by atoms with E-state index >= 15 is 0 Å². The standard InChI is InChI=1S/C28H43N3O4/c1-10-12-13-16-19-31(25(33)20(3)29-26(34)35-28(7,8)9)23(24(32)30-27(4,5)6)22-18-15-14-17-21(22)11-2/h2,14-15,17-18,20,23H,10,12-13,16,19H2,1,3-9H3,(H,29,34)(H,30,32). The van der Waals surface area contributed by atoms with Crippen LogP contribution in [0.2, 0.25) is 0 Å². The number of nitrogens with zero attached hydrogens (tertiary/aromatic N) is 1. The fourth-order valence-corrected chi connectivity index (χ4v) is 3.63. The second kappa shape index (κ2) is 13.2. The van der Waals surface area contributed by atoms with Crippen LogP contribution in [0.4, 0.5) is 4.79 Å². The van der Waals surface area contributed by atoms with Crippen molar-refractivity contribution in [2.75, 3.05) is 6.54 Å². The van der Waals surface area contributed by atoms with Crippen LogP contribution in [0.3, 0.4) is 0 Å². The van der Waals surface area contributed by atoms with Crippen molar-refractivity contribution < 1.29 is 19.1 Å². The molecule has 0 aliphatic carbocycles. The van der Waals surface area contributed by atoms with Gasteiger partial charge in [-0.15, -0.1) is 6.42 Å². The maximum Gasteiger partial charge on any atom is 0.408 e. The lowest BCUT2D eigenvalue weighted by Gasteiger charge is -2.36. The predicted octanol–water partition coefficient (Wildman–Crippen LogP) is 4.95. The molecule has 194 valence electrons. The molecule has 1 aromatic carbocycles. The molecule has 0 heterocycles. The van der Waals surface area contributed by atoms with Crippen molar-refractivity contribution in [2.45, 2.75) is 104 Å². The lowest BCUT2D eigenvalue weighted by molar-refractivity contribution is -0.142. The third-order valence-corrected chi connectivity index (χ3v) is 5.11. The Morgan fingerprint density at radius 2 is 1.69 bits per heavy atom. The highest BCUT2D eigenvalue weighted by Crippen LogP contribution is 2.27. The molecule has 0 radical (unpaired) electrons. The zero-order chi connectivity index (χ0) is 26.8. The summed E-state index contributed by atoms with van der Waals surface area (Å²) in [4.78, 5) is 41.2. The van der Waals surface area contributed by atoms with E-state index in [2.05, 4.69) is 23.5 Å². The molecule has 1 aromatic rings. The number of rotatable bonds is 10. The Bertz CT molecular complexity index is 906. The summed E-state index contributed by atoms with van der Waals surface area (Å²) >= 11 is 0. The summed E-state index contributed by atoms with van der Waals surface area (Å²) in [5.74, 6) is 1.94. The first kappa shape index (κ1) is 30.0. The highest BCUT2D eigenvalue weighted by molar-refractivity contribution is 5.92. The molecule has 7 nitrogen and oxygen atoms in total. The summed E-state index contributed by atoms with van der Waals surface area (Å²) in [5.41, 5.74) is -0.101. The van der Waals surface area contributed by atoms with E-state index < -0.39 is 29.3 Å². The van der Waals surface area contributed by atoms with Crippen LogP contribution in [-0.4, -0.2) is 46.5 Å². The molecule has 0 aliphatic rings. The SMILES string of the molecule is C#Cc1ccccc1C(C(=O)NC(C)(C)C)N(CCCCCC)C(=O)C(C)NC(=O)OC(C)(C)C. The van der Waals surface area contributed by atoms with E-state index in [1.807, 2.05) is 20.8 Å². The van der Waals surface area contributed by atoms with Gasteiger partial charge in [0.2, 0.25) is 11.8 Å². The summed E-state index contributed by atoms with van der Waals surface area (Å²) in [5, 5.41) is 5.62. The van der Waals surface area contributed by atoms with E-state index in [1.165, 1.54) is 4.90 Å². The van der Waals surface area contributed by atoms with Gasteiger partial charge in [0.25, 0.3) is 0 Å². The van der Waals surface area contributed by atoms with E-state index in [0.717, 1.165) is 25.7 Å². The number of hydrogen-bond donors (Lipinski definition) is 2. The molecule has 0 saturated heterocycles. The lowest BCUT2D eigenvalue weighted by Crippen LogP contribution is -2.54. The maximum absolute atomic E-state index is 13.7. The molecule has 2 N–H and O–H groups in total. The number of nitrogens with one attached hydrogen (secondary N) is 2. The largest absolute Gasteiger partial charge is 0.444 e. The van der Waals surface area contributed by atoms with Gasteiger partial charge in [-0.05, 0) is 66.5 Å². The second-order valence-corrected chi connectivity index (χ2v) is 10.8. The topological polar surface area (TPSA) is 87.7 Å². The number of unbranched alkanes of at least 4 members (excludes halogenated alkanes) is 3. The molecule has 0 saturated carbocycles. The van der Waals surface area contributed by atoms with Gasteiger partial charge in [-0.1, -0.05) is 50.3 Å². The molecule has 3 amide bonds. The van der Waals surface area contributed by atoms with Gasteiger partial charge in [0, 0.05) is 17.6 Å². The monoisotopic (exact) mass is 485 g/mol. The van der Waals surface area contributed by atoms with Gasteiger partial charge in [-0.2, -0.15) is 0 Å². The summed E-state index contributed by atoms with van der Waals surface area (Å²) in [6.45, 7) is 15.0. The van der Waals surface area contributed by atoms with E-state index in [9.17, 15) is 14.4 Å². The van der Waals surface area contributed by atoms with E-state index in [4.69, 9.17) is 11.2 Å². The van der Waals surface area contributed by atoms with Crippen LogP contribution in [-0.2, 0) is 14.3 Å². The molecular weight excluding hydrogens is 442 g/mol. The number of ether oxygens (including phenoxy) is 1. The Balaban J connectivity index is 3.43. The molecule has 1 rings (SSSR count). The predicted molar refractivity (Wildman–Crippen MR) is 140 cm³/mol. The number of alkyl carbamates (subject to hydrolysis) is 1. The number of carbonyl (C=O) groups excluding carboxylic acids is 3. The quantitative estimate of drug-likeness (QED) is 0.363. The van der Waals surface area contributed by atoms with Crippen molar-refractivity contribution in [3.63, 3.8) is 0 Å². The molecule has 0 bridgehead atoms. The van der Waals surface area contributed by atoms with Gasteiger partial charge >= 0.3 is 6.09 Å². The van der Waals surface area contributed by atoms with Gasteiger partial charge in [-0.25, -0.2) is 4.79 Å². The van der Waals surface area contributed by atoms with E-state index in [0.29, 0.717) is 17.7 Å². The molecule has 2 unspecified atom stereocenters. The summed E-state index contributed by atoms with van der Waals surface area (Å²) in [6.07, 6.45) is 8.76. The minimum Gasteiger partial charge on any atom is -0.444 e. The minimum atomic E-state index is -0.946. The molecule has 0 aliphatic heterocycles. The van der Waals surface area contributed by atoms with Crippen LogP contribution < -0.4 is 10.6 Å². The van der Waals surface area contributed by atoms with Crippen LogP contribution in [0.5, 0.6) is 0 Å². The van der Waals surface area contributed by atoms with Gasteiger partial charge in [0.1, 0.15) is 17.7 Å². The fraction of sp³-hybridized carbons (Fsp3) is 0.607. The first-order valence-corrected chi connectivity index (χ1v) is 12.4. The van der Waals surface area contributed by atoms with Gasteiger partial charge in [0.15, 0.2) is 0 Å². The van der Waals surface area contributed by atoms with Crippen LogP contribution in [0.25, 0.3) is 0 Å².